The van der Waals surface area contributed by atoms with E-state index >= 15 is 0 Å². The molecule has 1 aliphatic heterocycles. The van der Waals surface area contributed by atoms with Gasteiger partial charge in [0.2, 0.25) is 5.91 Å². The molecule has 75 valence electrons. The first-order valence-electron chi connectivity index (χ1n) is 4.59. The second-order valence-electron chi connectivity index (χ2n) is 3.17. The van der Waals surface area contributed by atoms with E-state index in [1.165, 1.54) is 0 Å². The molecule has 1 fully saturated rings. The third kappa shape index (κ3) is 2.11. The molecule has 5 heteroatoms. The van der Waals surface area contributed by atoms with Crippen molar-refractivity contribution < 1.29 is 9.53 Å². The zero-order valence-electron chi connectivity index (χ0n) is 7.85. The number of imidazole rings is 1. The van der Waals surface area contributed by atoms with Crippen molar-refractivity contribution in [3.8, 4) is 0 Å². The van der Waals surface area contributed by atoms with Gasteiger partial charge in [0.25, 0.3) is 0 Å². The fraction of sp³-hybridized carbons (Fsp3) is 0.556. The molecule has 0 unspecified atom stereocenters. The normalized spacial score (nSPS) is 17.0. The molecule has 2 heterocycles. The van der Waals surface area contributed by atoms with Gasteiger partial charge in [-0.3, -0.25) is 4.79 Å². The largest absolute Gasteiger partial charge is 0.378 e. The van der Waals surface area contributed by atoms with Gasteiger partial charge in [0.15, 0.2) is 0 Å². The Kier molecular flexibility index (Phi) is 2.78. The summed E-state index contributed by atoms with van der Waals surface area (Å²) in [7, 11) is 0. The highest BCUT2D eigenvalue weighted by molar-refractivity contribution is 5.76. The zero-order valence-corrected chi connectivity index (χ0v) is 7.85. The molecule has 0 spiro atoms. The van der Waals surface area contributed by atoms with E-state index in [0.29, 0.717) is 32.8 Å². The van der Waals surface area contributed by atoms with E-state index in [-0.39, 0.29) is 5.91 Å². The minimum absolute atomic E-state index is 0.111. The fourth-order valence-corrected chi connectivity index (χ4v) is 1.40. The summed E-state index contributed by atoms with van der Waals surface area (Å²) in [5, 5.41) is 0. The first-order chi connectivity index (χ1) is 6.86. The monoisotopic (exact) mass is 194 g/mol. The number of morpholine rings is 1. The number of rotatable bonds is 2. The van der Waals surface area contributed by atoms with Crippen LogP contribution >= 0.6 is 0 Å². The van der Waals surface area contributed by atoms with Gasteiger partial charge in [-0.2, -0.15) is 0 Å². The van der Waals surface area contributed by atoms with Crippen molar-refractivity contribution in [2.24, 2.45) is 0 Å². The van der Waals surface area contributed by atoms with Gasteiger partial charge in [0, 0.05) is 19.3 Å². The number of aromatic nitrogens is 2. The number of carbonyl (C=O) groups excluding carboxylic acids is 1. The standard InChI is InChI=1S/C9H12N3O2/c13-9(7-11-2-1-10-8-11)12-3-5-14-6-4-12/h2,8H,3-7H2. The summed E-state index contributed by atoms with van der Waals surface area (Å²) >= 11 is 0. The number of nitrogens with zero attached hydrogens (tertiary/aromatic N) is 3. The molecule has 0 aliphatic carbocycles. The lowest BCUT2D eigenvalue weighted by molar-refractivity contribution is -0.135. The molecule has 0 aromatic carbocycles. The molecule has 2 rings (SSSR count). The van der Waals surface area contributed by atoms with Crippen LogP contribution in [0.25, 0.3) is 0 Å². The Labute approximate surface area is 82.3 Å². The number of hydrogen-bond acceptors (Lipinski definition) is 3. The topological polar surface area (TPSA) is 47.4 Å². The molecule has 1 aliphatic rings. The highest BCUT2D eigenvalue weighted by atomic mass is 16.5. The van der Waals surface area contributed by atoms with E-state index < -0.39 is 0 Å². The second kappa shape index (κ2) is 4.23. The van der Waals surface area contributed by atoms with Crippen LogP contribution in [0.1, 0.15) is 0 Å². The summed E-state index contributed by atoms with van der Waals surface area (Å²) in [4.78, 5) is 17.2. The summed E-state index contributed by atoms with van der Waals surface area (Å²) in [6.45, 7) is 3.01. The van der Waals surface area contributed by atoms with Crippen LogP contribution in [0.15, 0.2) is 12.5 Å². The van der Waals surface area contributed by atoms with Crippen LogP contribution in [-0.2, 0) is 16.1 Å². The van der Waals surface area contributed by atoms with Gasteiger partial charge in [-0.05, 0) is 0 Å². The Morgan fingerprint density at radius 1 is 1.50 bits per heavy atom. The van der Waals surface area contributed by atoms with Gasteiger partial charge in [0.05, 0.1) is 19.5 Å². The molecular formula is C9H12N3O2. The molecule has 1 radical (unpaired) electrons. The van der Waals surface area contributed by atoms with Crippen molar-refractivity contribution in [3.63, 3.8) is 0 Å². The average molecular weight is 194 g/mol. The zero-order chi connectivity index (χ0) is 9.80. The van der Waals surface area contributed by atoms with E-state index in [0.717, 1.165) is 0 Å². The van der Waals surface area contributed by atoms with Gasteiger partial charge in [-0.15, -0.1) is 0 Å². The van der Waals surface area contributed by atoms with E-state index in [1.54, 1.807) is 17.1 Å². The Morgan fingerprint density at radius 3 is 2.93 bits per heavy atom. The van der Waals surface area contributed by atoms with E-state index in [1.807, 2.05) is 4.90 Å². The van der Waals surface area contributed by atoms with Crippen molar-refractivity contribution in [2.75, 3.05) is 26.3 Å². The quantitative estimate of drug-likeness (QED) is 0.640. The number of carbonyl (C=O) groups is 1. The molecule has 0 bridgehead atoms. The van der Waals surface area contributed by atoms with Gasteiger partial charge < -0.3 is 14.2 Å². The van der Waals surface area contributed by atoms with Gasteiger partial charge in [-0.1, -0.05) is 0 Å². The summed E-state index contributed by atoms with van der Waals surface area (Å²) in [5.41, 5.74) is 0. The highest BCUT2D eigenvalue weighted by Crippen LogP contribution is 1.99. The Balaban J connectivity index is 1.88. The van der Waals surface area contributed by atoms with Gasteiger partial charge >= 0.3 is 0 Å². The van der Waals surface area contributed by atoms with Crippen LogP contribution in [0.2, 0.25) is 0 Å². The molecule has 14 heavy (non-hydrogen) atoms. The summed E-state index contributed by atoms with van der Waals surface area (Å²) in [6.07, 6.45) is 5.92. The van der Waals surface area contributed by atoms with Crippen molar-refractivity contribution in [1.82, 2.24) is 14.5 Å². The van der Waals surface area contributed by atoms with Crippen molar-refractivity contribution in [2.45, 2.75) is 6.54 Å². The molecular weight excluding hydrogens is 182 g/mol. The van der Waals surface area contributed by atoms with E-state index in [9.17, 15) is 4.79 Å². The lowest BCUT2D eigenvalue weighted by Crippen LogP contribution is -2.42. The lowest BCUT2D eigenvalue weighted by atomic mass is 10.4. The molecule has 1 amide bonds. The van der Waals surface area contributed by atoms with Crippen molar-refractivity contribution in [3.05, 3.63) is 18.7 Å². The Morgan fingerprint density at radius 2 is 2.29 bits per heavy atom. The van der Waals surface area contributed by atoms with E-state index in [4.69, 9.17) is 4.74 Å². The summed E-state index contributed by atoms with van der Waals surface area (Å²) in [6, 6.07) is 0. The van der Waals surface area contributed by atoms with Crippen LogP contribution in [0.5, 0.6) is 0 Å². The number of hydrogen-bond donors (Lipinski definition) is 0. The predicted octanol–water partition coefficient (Wildman–Crippen LogP) is -0.458. The molecule has 1 saturated heterocycles. The van der Waals surface area contributed by atoms with E-state index in [2.05, 4.69) is 11.2 Å². The highest BCUT2D eigenvalue weighted by Gasteiger charge is 2.16. The fourth-order valence-electron chi connectivity index (χ4n) is 1.40. The smallest absolute Gasteiger partial charge is 0.242 e. The number of ether oxygens (including phenoxy) is 1. The Hall–Kier alpha value is -1.36. The SMILES string of the molecule is O=C(Cn1c[c]nc1)N1CCOCC1. The van der Waals surface area contributed by atoms with Crippen molar-refractivity contribution in [1.29, 1.82) is 0 Å². The first kappa shape index (κ1) is 9.21. The van der Waals surface area contributed by atoms with Crippen LogP contribution in [-0.4, -0.2) is 46.7 Å². The number of amides is 1. The maximum Gasteiger partial charge on any atom is 0.242 e. The molecule has 5 nitrogen and oxygen atoms in total. The van der Waals surface area contributed by atoms with Gasteiger partial charge in [-0.25, -0.2) is 4.98 Å². The minimum atomic E-state index is 0.111. The average Bonchev–Trinajstić information content (AvgIpc) is 2.72. The van der Waals surface area contributed by atoms with Crippen molar-refractivity contribution >= 4 is 5.91 Å². The van der Waals surface area contributed by atoms with Gasteiger partial charge in [0.1, 0.15) is 12.7 Å². The first-order valence-corrected chi connectivity index (χ1v) is 4.59. The van der Waals surface area contributed by atoms with Crippen LogP contribution < -0.4 is 0 Å². The maximum atomic E-state index is 11.7. The molecule has 0 saturated carbocycles. The summed E-state index contributed by atoms with van der Waals surface area (Å²) < 4.78 is 6.89. The summed E-state index contributed by atoms with van der Waals surface area (Å²) in [5.74, 6) is 0.111. The maximum absolute atomic E-state index is 11.7. The third-order valence-electron chi connectivity index (χ3n) is 2.19. The molecule has 0 atom stereocenters. The predicted molar refractivity (Wildman–Crippen MR) is 48.5 cm³/mol. The second-order valence-corrected chi connectivity index (χ2v) is 3.17. The van der Waals surface area contributed by atoms with Crippen LogP contribution in [0, 0.1) is 6.20 Å². The molecule has 0 N–H and O–H groups in total. The molecule has 1 aromatic heterocycles. The Bertz CT molecular complexity index is 291. The third-order valence-corrected chi connectivity index (χ3v) is 2.19. The lowest BCUT2D eigenvalue weighted by Gasteiger charge is -2.26. The van der Waals surface area contributed by atoms with Crippen LogP contribution in [0.4, 0.5) is 0 Å². The molecule has 1 aromatic rings. The van der Waals surface area contributed by atoms with Crippen LogP contribution in [0.3, 0.4) is 0 Å². The minimum Gasteiger partial charge on any atom is -0.378 e.